The van der Waals surface area contributed by atoms with E-state index in [1.54, 1.807) is 0 Å². The normalized spacial score (nSPS) is 27.1. The third-order valence-electron chi connectivity index (χ3n) is 5.55. The number of carbonyl (C=O) groups excluding carboxylic acids is 1. The Kier molecular flexibility index (Phi) is 7.46. The summed E-state index contributed by atoms with van der Waals surface area (Å²) in [5.74, 6) is -0.366. The number of likely N-dealkylation sites (tertiary alicyclic amines) is 1. The predicted octanol–water partition coefficient (Wildman–Crippen LogP) is 0.811. The van der Waals surface area contributed by atoms with Gasteiger partial charge in [0.1, 0.15) is 24.0 Å². The van der Waals surface area contributed by atoms with E-state index >= 15 is 0 Å². The van der Waals surface area contributed by atoms with Crippen molar-refractivity contribution < 1.29 is 29.3 Å². The number of nitrogens with one attached hydrogen (secondary N) is 1. The zero-order valence-electron chi connectivity index (χ0n) is 16.8. The van der Waals surface area contributed by atoms with Crippen LogP contribution in [0.25, 0.3) is 0 Å². The number of benzene rings is 1. The molecule has 3 N–H and O–H groups in total. The maximum absolute atomic E-state index is 11.2. The van der Waals surface area contributed by atoms with E-state index in [2.05, 4.69) is 5.32 Å². The molecule has 2 heterocycles. The molecule has 2 aliphatic rings. The van der Waals surface area contributed by atoms with Crippen LogP contribution in [0.4, 0.5) is 0 Å². The SMILES string of the molecule is CC(=O)O[C@@H]1[C@@H](O)CN[C@@H]1Cc1ccc(OCCCN2CCC[C@H]2C(=O)O)cc1. The van der Waals surface area contributed by atoms with Gasteiger partial charge in [-0.2, -0.15) is 0 Å². The number of nitrogens with zero attached hydrogens (tertiary/aromatic N) is 1. The lowest BCUT2D eigenvalue weighted by atomic mass is 10.0. The maximum Gasteiger partial charge on any atom is 0.320 e. The summed E-state index contributed by atoms with van der Waals surface area (Å²) in [7, 11) is 0. The van der Waals surface area contributed by atoms with Crippen LogP contribution < -0.4 is 10.1 Å². The summed E-state index contributed by atoms with van der Waals surface area (Å²) in [6.45, 7) is 3.85. The number of aliphatic carboxylic acids is 1. The molecule has 8 heteroatoms. The number of hydrogen-bond acceptors (Lipinski definition) is 7. The van der Waals surface area contributed by atoms with Crippen LogP contribution in [-0.2, 0) is 20.7 Å². The summed E-state index contributed by atoms with van der Waals surface area (Å²) < 4.78 is 11.0. The van der Waals surface area contributed by atoms with Gasteiger partial charge in [-0.15, -0.1) is 0 Å². The summed E-state index contributed by atoms with van der Waals surface area (Å²) >= 11 is 0. The minimum Gasteiger partial charge on any atom is -0.494 e. The van der Waals surface area contributed by atoms with Crippen LogP contribution in [0.2, 0.25) is 0 Å². The maximum atomic E-state index is 11.2. The number of hydrogen-bond donors (Lipinski definition) is 3. The highest BCUT2D eigenvalue weighted by Gasteiger charge is 2.37. The van der Waals surface area contributed by atoms with Gasteiger partial charge in [0.2, 0.25) is 0 Å². The van der Waals surface area contributed by atoms with Crippen molar-refractivity contribution in [1.29, 1.82) is 0 Å². The Labute approximate surface area is 170 Å². The molecule has 0 radical (unpaired) electrons. The largest absolute Gasteiger partial charge is 0.494 e. The fraction of sp³-hybridized carbons (Fsp3) is 0.619. The van der Waals surface area contributed by atoms with Gasteiger partial charge in [-0.1, -0.05) is 12.1 Å². The fourth-order valence-corrected chi connectivity index (χ4v) is 4.12. The van der Waals surface area contributed by atoms with E-state index in [0.29, 0.717) is 19.6 Å². The number of carboxylic acids is 1. The van der Waals surface area contributed by atoms with Crippen molar-refractivity contribution in [2.24, 2.45) is 0 Å². The highest BCUT2D eigenvalue weighted by Crippen LogP contribution is 2.20. The summed E-state index contributed by atoms with van der Waals surface area (Å²) in [5.41, 5.74) is 1.06. The summed E-state index contributed by atoms with van der Waals surface area (Å²) in [5, 5.41) is 22.4. The lowest BCUT2D eigenvalue weighted by molar-refractivity contribution is -0.151. The van der Waals surface area contributed by atoms with Crippen LogP contribution in [0.1, 0.15) is 31.7 Å². The minimum absolute atomic E-state index is 0.122. The van der Waals surface area contributed by atoms with E-state index in [-0.39, 0.29) is 12.1 Å². The van der Waals surface area contributed by atoms with Crippen LogP contribution in [0, 0.1) is 0 Å². The first kappa shape index (κ1) is 21.5. The number of aliphatic hydroxyl groups excluding tert-OH is 1. The van der Waals surface area contributed by atoms with Crippen molar-refractivity contribution in [3.05, 3.63) is 29.8 Å². The Hall–Kier alpha value is -2.16. The number of carbonyl (C=O) groups is 2. The smallest absolute Gasteiger partial charge is 0.320 e. The molecule has 2 aliphatic heterocycles. The van der Waals surface area contributed by atoms with Gasteiger partial charge in [-0.05, 0) is 49.9 Å². The first-order chi connectivity index (χ1) is 13.9. The predicted molar refractivity (Wildman–Crippen MR) is 106 cm³/mol. The van der Waals surface area contributed by atoms with Gasteiger partial charge < -0.3 is 25.0 Å². The number of esters is 1. The quantitative estimate of drug-likeness (QED) is 0.408. The van der Waals surface area contributed by atoms with Crippen molar-refractivity contribution in [2.75, 3.05) is 26.2 Å². The number of aliphatic hydroxyl groups is 1. The van der Waals surface area contributed by atoms with E-state index in [0.717, 1.165) is 43.7 Å². The van der Waals surface area contributed by atoms with Gasteiger partial charge in [-0.3, -0.25) is 14.5 Å². The van der Waals surface area contributed by atoms with Crippen molar-refractivity contribution in [1.82, 2.24) is 10.2 Å². The number of carboxylic acid groups (broad SMARTS) is 1. The summed E-state index contributed by atoms with van der Waals surface area (Å²) in [4.78, 5) is 24.4. The topological polar surface area (TPSA) is 108 Å². The molecular formula is C21H30N2O6. The standard InChI is InChI=1S/C21H30N2O6/c1-14(24)29-20-17(22-13-19(20)25)12-15-5-7-16(8-6-15)28-11-3-10-23-9-2-4-18(23)21(26)27/h5-8,17-20,22,25H,2-4,9-13H2,1H3,(H,26,27)/t17-,18+,19+,20+/m1/s1. The molecule has 160 valence electrons. The molecule has 0 unspecified atom stereocenters. The van der Waals surface area contributed by atoms with Gasteiger partial charge in [0.05, 0.1) is 12.6 Å². The highest BCUT2D eigenvalue weighted by atomic mass is 16.6. The number of ether oxygens (including phenoxy) is 2. The third-order valence-corrected chi connectivity index (χ3v) is 5.55. The minimum atomic E-state index is -0.737. The van der Waals surface area contributed by atoms with Crippen molar-refractivity contribution in [3.8, 4) is 5.75 Å². The monoisotopic (exact) mass is 406 g/mol. The second-order valence-electron chi connectivity index (χ2n) is 7.74. The second-order valence-corrected chi connectivity index (χ2v) is 7.74. The molecule has 2 saturated heterocycles. The Morgan fingerprint density at radius 3 is 2.72 bits per heavy atom. The van der Waals surface area contributed by atoms with Crippen molar-refractivity contribution in [3.63, 3.8) is 0 Å². The van der Waals surface area contributed by atoms with Gasteiger partial charge >= 0.3 is 11.9 Å². The van der Waals surface area contributed by atoms with Crippen LogP contribution >= 0.6 is 0 Å². The highest BCUT2D eigenvalue weighted by molar-refractivity contribution is 5.73. The molecular weight excluding hydrogens is 376 g/mol. The van der Waals surface area contributed by atoms with Crippen LogP contribution in [0.5, 0.6) is 5.75 Å². The van der Waals surface area contributed by atoms with Gasteiger partial charge in [-0.25, -0.2) is 0 Å². The molecule has 3 rings (SSSR count). The van der Waals surface area contributed by atoms with E-state index < -0.39 is 24.1 Å². The molecule has 0 spiro atoms. The first-order valence-corrected chi connectivity index (χ1v) is 10.2. The first-order valence-electron chi connectivity index (χ1n) is 10.2. The molecule has 29 heavy (non-hydrogen) atoms. The zero-order valence-corrected chi connectivity index (χ0v) is 16.8. The molecule has 4 atom stereocenters. The van der Waals surface area contributed by atoms with E-state index in [9.17, 15) is 19.8 Å². The summed E-state index contributed by atoms with van der Waals surface area (Å²) in [6.07, 6.45) is 1.85. The molecule has 2 fully saturated rings. The van der Waals surface area contributed by atoms with Crippen LogP contribution in [-0.4, -0.2) is 77.6 Å². The van der Waals surface area contributed by atoms with Crippen LogP contribution in [0.15, 0.2) is 24.3 Å². The average molecular weight is 406 g/mol. The average Bonchev–Trinajstić information content (AvgIpc) is 3.28. The van der Waals surface area contributed by atoms with Crippen molar-refractivity contribution in [2.45, 2.75) is 56.9 Å². The number of rotatable bonds is 9. The molecule has 0 bridgehead atoms. The van der Waals surface area contributed by atoms with Crippen molar-refractivity contribution >= 4 is 11.9 Å². The van der Waals surface area contributed by atoms with Gasteiger partial charge in [0.15, 0.2) is 0 Å². The summed E-state index contributed by atoms with van der Waals surface area (Å²) in [6, 6.07) is 7.26. The zero-order chi connectivity index (χ0) is 20.8. The Balaban J connectivity index is 1.42. The van der Waals surface area contributed by atoms with E-state index in [1.807, 2.05) is 29.2 Å². The Bertz CT molecular complexity index is 695. The van der Waals surface area contributed by atoms with Gasteiger partial charge in [0.25, 0.3) is 0 Å². The fourth-order valence-electron chi connectivity index (χ4n) is 4.12. The van der Waals surface area contributed by atoms with Crippen LogP contribution in [0.3, 0.4) is 0 Å². The molecule has 1 aromatic carbocycles. The lowest BCUT2D eigenvalue weighted by Crippen LogP contribution is -2.38. The molecule has 0 amide bonds. The van der Waals surface area contributed by atoms with Gasteiger partial charge in [0, 0.05) is 20.0 Å². The number of β-amino-alcohol motifs (C(OH)–C–C–N with tert-alkyl or cyclic N) is 1. The lowest BCUT2D eigenvalue weighted by Gasteiger charge is -2.21. The Morgan fingerprint density at radius 2 is 2.03 bits per heavy atom. The van der Waals surface area contributed by atoms with E-state index in [1.165, 1.54) is 6.92 Å². The Morgan fingerprint density at radius 1 is 1.28 bits per heavy atom. The molecule has 0 aromatic heterocycles. The molecule has 8 nitrogen and oxygen atoms in total. The molecule has 0 aliphatic carbocycles. The van der Waals surface area contributed by atoms with E-state index in [4.69, 9.17) is 9.47 Å². The molecule has 1 aromatic rings. The third kappa shape index (κ3) is 5.91. The molecule has 0 saturated carbocycles. The second kappa shape index (κ2) is 10.0.